The van der Waals surface area contributed by atoms with Crippen molar-refractivity contribution in [2.45, 2.75) is 32.9 Å². The zero-order chi connectivity index (χ0) is 20.6. The zero-order valence-corrected chi connectivity index (χ0v) is 16.9. The van der Waals surface area contributed by atoms with Crippen LogP contribution in [-0.2, 0) is 0 Å². The average Bonchev–Trinajstić information content (AvgIpc) is 3.05. The smallest absolute Gasteiger partial charge is 0.255 e. The highest BCUT2D eigenvalue weighted by Crippen LogP contribution is 2.39. The number of anilines is 1. The van der Waals surface area contributed by atoms with Crippen LogP contribution < -0.4 is 15.8 Å². The molecule has 0 aliphatic rings. The predicted molar refractivity (Wildman–Crippen MR) is 106 cm³/mol. The van der Waals surface area contributed by atoms with Crippen LogP contribution >= 0.6 is 23.2 Å². The molecule has 9 heteroatoms. The molecule has 0 saturated heterocycles. The number of nitrogen functional groups attached to an aromatic ring is 1. The van der Waals surface area contributed by atoms with Crippen molar-refractivity contribution in [2.24, 2.45) is 0 Å². The van der Waals surface area contributed by atoms with E-state index in [9.17, 15) is 9.18 Å². The molecule has 0 bridgehead atoms. The molecule has 2 heterocycles. The molecule has 3 rings (SSSR count). The van der Waals surface area contributed by atoms with Gasteiger partial charge in [-0.3, -0.25) is 4.79 Å². The molecule has 1 atom stereocenters. The Bertz CT molecular complexity index is 1050. The van der Waals surface area contributed by atoms with Crippen molar-refractivity contribution < 1.29 is 18.3 Å². The van der Waals surface area contributed by atoms with Gasteiger partial charge in [0.25, 0.3) is 5.91 Å². The van der Waals surface area contributed by atoms with Crippen molar-refractivity contribution in [3.05, 3.63) is 51.6 Å². The highest BCUT2D eigenvalue weighted by Gasteiger charge is 2.24. The zero-order valence-electron chi connectivity index (χ0n) is 15.3. The second kappa shape index (κ2) is 7.85. The molecule has 0 fully saturated rings. The van der Waals surface area contributed by atoms with Gasteiger partial charge in [-0.1, -0.05) is 23.2 Å². The second-order valence-electron chi connectivity index (χ2n) is 6.51. The Kier molecular flexibility index (Phi) is 5.67. The van der Waals surface area contributed by atoms with Crippen molar-refractivity contribution in [2.75, 3.05) is 5.73 Å². The summed E-state index contributed by atoms with van der Waals surface area (Å²) < 4.78 is 25.3. The number of nitrogens with one attached hydrogen (secondary N) is 1. The molecule has 0 radical (unpaired) electrons. The quantitative estimate of drug-likeness (QED) is 0.552. The number of nitrogens with two attached hydrogens (primary N) is 1. The Hall–Kier alpha value is -2.51. The Morgan fingerprint density at radius 2 is 2.04 bits per heavy atom. The molecule has 0 aliphatic heterocycles. The van der Waals surface area contributed by atoms with E-state index in [2.05, 4.69) is 10.3 Å². The Balaban J connectivity index is 2.02. The number of carbonyl (C=O) groups is 1. The summed E-state index contributed by atoms with van der Waals surface area (Å²) in [6.45, 7) is 5.33. The number of benzene rings is 1. The normalized spacial score (nSPS) is 12.4. The minimum Gasteiger partial charge on any atom is -0.478 e. The van der Waals surface area contributed by atoms with E-state index in [0.29, 0.717) is 10.9 Å². The third kappa shape index (κ3) is 3.72. The van der Waals surface area contributed by atoms with E-state index in [0.717, 1.165) is 0 Å². The van der Waals surface area contributed by atoms with Crippen LogP contribution in [-0.4, -0.2) is 16.9 Å². The minimum absolute atomic E-state index is 0.0489. The van der Waals surface area contributed by atoms with Crippen molar-refractivity contribution >= 4 is 45.9 Å². The van der Waals surface area contributed by atoms with Crippen LogP contribution in [0.3, 0.4) is 0 Å². The van der Waals surface area contributed by atoms with Crippen molar-refractivity contribution in [1.29, 1.82) is 0 Å². The van der Waals surface area contributed by atoms with Crippen molar-refractivity contribution in [3.63, 3.8) is 0 Å². The standard InChI is InChI=1S/C19H18Cl2FN3O3/c1-8(2)25-19(26)11-7-27-16-10(11)6-24-18(23)17(16)28-9(3)14-12(20)4-5-13(22)15(14)21/h4-9H,1-3H3,(H2,23,24)(H,25,26)/t9-/m1/s1. The highest BCUT2D eigenvalue weighted by atomic mass is 35.5. The molecule has 3 aromatic rings. The number of pyridine rings is 1. The number of halogens is 3. The van der Waals surface area contributed by atoms with E-state index in [1.165, 1.54) is 24.6 Å². The first-order chi connectivity index (χ1) is 13.2. The summed E-state index contributed by atoms with van der Waals surface area (Å²) in [5, 5.41) is 3.32. The summed E-state index contributed by atoms with van der Waals surface area (Å²) in [5.74, 6) is -0.764. The van der Waals surface area contributed by atoms with Crippen LogP contribution in [0.5, 0.6) is 5.75 Å². The Morgan fingerprint density at radius 3 is 2.71 bits per heavy atom. The number of furan rings is 1. The van der Waals surface area contributed by atoms with Gasteiger partial charge in [0, 0.05) is 22.8 Å². The second-order valence-corrected chi connectivity index (χ2v) is 7.30. The van der Waals surface area contributed by atoms with Gasteiger partial charge in [-0.15, -0.1) is 0 Å². The van der Waals surface area contributed by atoms with Crippen LogP contribution in [0.4, 0.5) is 10.2 Å². The number of ether oxygens (including phenoxy) is 1. The fourth-order valence-corrected chi connectivity index (χ4v) is 3.44. The first kappa shape index (κ1) is 20.2. The number of carbonyl (C=O) groups excluding carboxylic acids is 1. The lowest BCUT2D eigenvalue weighted by Gasteiger charge is -2.18. The van der Waals surface area contributed by atoms with Crippen LogP contribution in [0.2, 0.25) is 10.0 Å². The molecule has 6 nitrogen and oxygen atoms in total. The molecule has 1 amide bonds. The molecule has 28 heavy (non-hydrogen) atoms. The van der Waals surface area contributed by atoms with Crippen LogP contribution in [0.15, 0.2) is 29.0 Å². The molecule has 1 aromatic carbocycles. The number of rotatable bonds is 5. The maximum Gasteiger partial charge on any atom is 0.255 e. The number of fused-ring (bicyclic) bond motifs is 1. The monoisotopic (exact) mass is 425 g/mol. The molecule has 0 unspecified atom stereocenters. The van der Waals surface area contributed by atoms with E-state index in [-0.39, 0.29) is 44.7 Å². The molecule has 0 aliphatic carbocycles. The molecular weight excluding hydrogens is 408 g/mol. The summed E-state index contributed by atoms with van der Waals surface area (Å²) in [6, 6.07) is 2.51. The topological polar surface area (TPSA) is 90.4 Å². The lowest BCUT2D eigenvalue weighted by atomic mass is 10.1. The molecular formula is C19H18Cl2FN3O3. The molecule has 0 saturated carbocycles. The Morgan fingerprint density at radius 1 is 1.32 bits per heavy atom. The lowest BCUT2D eigenvalue weighted by Crippen LogP contribution is -2.29. The van der Waals surface area contributed by atoms with Gasteiger partial charge in [-0.2, -0.15) is 0 Å². The van der Waals surface area contributed by atoms with Gasteiger partial charge < -0.3 is 20.2 Å². The van der Waals surface area contributed by atoms with Crippen LogP contribution in [0.25, 0.3) is 11.0 Å². The third-order valence-corrected chi connectivity index (χ3v) is 4.76. The molecule has 2 aromatic heterocycles. The van der Waals surface area contributed by atoms with Gasteiger partial charge in [0.15, 0.2) is 11.4 Å². The lowest BCUT2D eigenvalue weighted by molar-refractivity contribution is 0.0944. The number of hydrogen-bond acceptors (Lipinski definition) is 5. The first-order valence-electron chi connectivity index (χ1n) is 8.47. The number of amides is 1. The molecule has 148 valence electrons. The summed E-state index contributed by atoms with van der Waals surface area (Å²) in [6.07, 6.45) is 1.98. The molecule has 0 spiro atoms. The predicted octanol–water partition coefficient (Wildman–Crippen LogP) is 5.13. The largest absolute Gasteiger partial charge is 0.478 e. The number of nitrogens with zero attached hydrogens (tertiary/aromatic N) is 1. The first-order valence-corrected chi connectivity index (χ1v) is 9.22. The Labute approximate surface area is 170 Å². The van der Waals surface area contributed by atoms with E-state index >= 15 is 0 Å². The minimum atomic E-state index is -0.761. The van der Waals surface area contributed by atoms with E-state index in [1.807, 2.05) is 13.8 Å². The van der Waals surface area contributed by atoms with Gasteiger partial charge in [0.05, 0.1) is 16.0 Å². The van der Waals surface area contributed by atoms with Crippen LogP contribution in [0.1, 0.15) is 42.8 Å². The van der Waals surface area contributed by atoms with Crippen molar-refractivity contribution in [3.8, 4) is 5.75 Å². The van der Waals surface area contributed by atoms with Gasteiger partial charge in [-0.25, -0.2) is 9.37 Å². The fraction of sp³-hybridized carbons (Fsp3) is 0.263. The van der Waals surface area contributed by atoms with Gasteiger partial charge in [0.1, 0.15) is 18.2 Å². The SMILES string of the molecule is CC(C)NC(=O)c1coc2c(O[C@H](C)c3c(Cl)ccc(F)c3Cl)c(N)ncc12. The van der Waals surface area contributed by atoms with Crippen molar-refractivity contribution in [1.82, 2.24) is 10.3 Å². The number of aromatic nitrogens is 1. The van der Waals surface area contributed by atoms with E-state index in [1.54, 1.807) is 6.92 Å². The van der Waals surface area contributed by atoms with Gasteiger partial charge in [0.2, 0.25) is 5.75 Å². The summed E-state index contributed by atoms with van der Waals surface area (Å²) in [7, 11) is 0. The summed E-state index contributed by atoms with van der Waals surface area (Å²) in [5.41, 5.74) is 6.76. The van der Waals surface area contributed by atoms with E-state index < -0.39 is 11.9 Å². The van der Waals surface area contributed by atoms with Gasteiger partial charge >= 0.3 is 0 Å². The highest BCUT2D eigenvalue weighted by molar-refractivity contribution is 6.36. The van der Waals surface area contributed by atoms with E-state index in [4.69, 9.17) is 38.1 Å². The average molecular weight is 426 g/mol. The maximum absolute atomic E-state index is 13.8. The van der Waals surface area contributed by atoms with Gasteiger partial charge in [-0.05, 0) is 32.9 Å². The third-order valence-electron chi connectivity index (χ3n) is 4.05. The fourth-order valence-electron chi connectivity index (χ4n) is 2.76. The molecule has 3 N–H and O–H groups in total. The number of hydrogen-bond donors (Lipinski definition) is 2. The maximum atomic E-state index is 13.8. The summed E-state index contributed by atoms with van der Waals surface area (Å²) in [4.78, 5) is 16.4. The summed E-state index contributed by atoms with van der Waals surface area (Å²) >= 11 is 12.2. The van der Waals surface area contributed by atoms with Crippen LogP contribution in [0, 0.1) is 5.82 Å².